The first-order chi connectivity index (χ1) is 7.99. The summed E-state index contributed by atoms with van der Waals surface area (Å²) in [7, 11) is -3.60. The summed E-state index contributed by atoms with van der Waals surface area (Å²) in [5, 5.41) is 21.1. The average molecular weight is 264 g/mol. The number of hydrogen-bond acceptors (Lipinski definition) is 6. The molecule has 1 heterocycles. The minimum atomic E-state index is -3.60. The quantitative estimate of drug-likeness (QED) is 0.661. The van der Waals surface area contributed by atoms with Crippen LogP contribution < -0.4 is 0 Å². The van der Waals surface area contributed by atoms with E-state index in [4.69, 9.17) is 14.7 Å². The van der Waals surface area contributed by atoms with E-state index in [2.05, 4.69) is 5.16 Å². The molecule has 0 bridgehead atoms. The highest BCUT2D eigenvalue weighted by Gasteiger charge is 2.23. The third kappa shape index (κ3) is 4.08. The van der Waals surface area contributed by atoms with Crippen LogP contribution in [-0.2, 0) is 15.8 Å². The van der Waals surface area contributed by atoms with Crippen LogP contribution in [0.5, 0.6) is 0 Å². The lowest BCUT2D eigenvalue weighted by atomic mass is 10.4. The highest BCUT2D eigenvalue weighted by molar-refractivity contribution is 7.88. The third-order valence-corrected chi connectivity index (χ3v) is 3.91. The summed E-state index contributed by atoms with van der Waals surface area (Å²) in [6.07, 6.45) is 0. The lowest BCUT2D eigenvalue weighted by Gasteiger charge is -2.19. The molecule has 7 nitrogen and oxygen atoms in total. The van der Waals surface area contributed by atoms with Gasteiger partial charge in [0.2, 0.25) is 10.0 Å². The van der Waals surface area contributed by atoms with Gasteiger partial charge in [0.1, 0.15) is 17.2 Å². The van der Waals surface area contributed by atoms with Gasteiger partial charge < -0.3 is 14.7 Å². The van der Waals surface area contributed by atoms with Crippen LogP contribution in [-0.4, -0.2) is 54.4 Å². The van der Waals surface area contributed by atoms with Crippen molar-refractivity contribution < 1.29 is 23.2 Å². The van der Waals surface area contributed by atoms with Gasteiger partial charge in [0.15, 0.2) is 0 Å². The molecule has 1 aromatic rings. The molecule has 0 spiro atoms. The molecule has 0 aliphatic rings. The Labute approximate surface area is 99.7 Å². The Morgan fingerprint density at radius 3 is 2.35 bits per heavy atom. The Morgan fingerprint density at radius 2 is 1.94 bits per heavy atom. The van der Waals surface area contributed by atoms with Crippen LogP contribution in [0.15, 0.2) is 10.6 Å². The zero-order valence-electron chi connectivity index (χ0n) is 9.53. The average Bonchev–Trinajstić information content (AvgIpc) is 2.63. The molecular formula is C9H16N2O5S. The first kappa shape index (κ1) is 14.1. The number of aliphatic hydroxyl groups is 2. The van der Waals surface area contributed by atoms with Crippen molar-refractivity contribution in [1.29, 1.82) is 0 Å². The maximum absolute atomic E-state index is 11.9. The van der Waals surface area contributed by atoms with Gasteiger partial charge in [-0.05, 0) is 6.92 Å². The smallest absolute Gasteiger partial charge is 0.220 e. The fraction of sp³-hybridized carbons (Fsp3) is 0.667. The van der Waals surface area contributed by atoms with E-state index < -0.39 is 10.0 Å². The molecule has 8 heteroatoms. The summed E-state index contributed by atoms with van der Waals surface area (Å²) in [5.74, 6) is 0.232. The lowest BCUT2D eigenvalue weighted by molar-refractivity contribution is 0.217. The molecule has 0 radical (unpaired) electrons. The maximum Gasteiger partial charge on any atom is 0.220 e. The van der Waals surface area contributed by atoms with Crippen molar-refractivity contribution in [2.45, 2.75) is 12.7 Å². The molecule has 0 atom stereocenters. The third-order valence-electron chi connectivity index (χ3n) is 2.10. The number of aliphatic hydroxyl groups excluding tert-OH is 2. The first-order valence-corrected chi connectivity index (χ1v) is 6.72. The van der Waals surface area contributed by atoms with Gasteiger partial charge in [-0.15, -0.1) is 0 Å². The molecule has 0 amide bonds. The van der Waals surface area contributed by atoms with Crippen LogP contribution >= 0.6 is 0 Å². The van der Waals surface area contributed by atoms with Crippen molar-refractivity contribution in [2.75, 3.05) is 26.3 Å². The molecule has 17 heavy (non-hydrogen) atoms. The van der Waals surface area contributed by atoms with Crippen molar-refractivity contribution in [3.63, 3.8) is 0 Å². The molecule has 98 valence electrons. The zero-order valence-corrected chi connectivity index (χ0v) is 10.4. The van der Waals surface area contributed by atoms with Gasteiger partial charge in [0.25, 0.3) is 0 Å². The second-order valence-corrected chi connectivity index (χ2v) is 5.50. The number of aromatic nitrogens is 1. The fourth-order valence-electron chi connectivity index (χ4n) is 1.38. The zero-order chi connectivity index (χ0) is 12.9. The molecule has 0 saturated heterocycles. The van der Waals surface area contributed by atoms with Crippen LogP contribution in [0.3, 0.4) is 0 Å². The number of hydrogen-bond donors (Lipinski definition) is 2. The Bertz CT molecular complexity index is 436. The van der Waals surface area contributed by atoms with Crippen molar-refractivity contribution in [2.24, 2.45) is 0 Å². The first-order valence-electron chi connectivity index (χ1n) is 5.11. The standard InChI is InChI=1S/C9H16N2O5S/c1-8-6-9(10-16-8)7-17(14,15)11(2-4-12)3-5-13/h6,12-13H,2-5,7H2,1H3. The predicted molar refractivity (Wildman–Crippen MR) is 59.6 cm³/mol. The summed E-state index contributed by atoms with van der Waals surface area (Å²) in [4.78, 5) is 0. The molecule has 0 aliphatic carbocycles. The number of nitrogens with zero attached hydrogens (tertiary/aromatic N) is 2. The Hall–Kier alpha value is -0.960. The Kier molecular flexibility index (Phi) is 5.06. The Balaban J connectivity index is 2.77. The molecule has 0 unspecified atom stereocenters. The van der Waals surface area contributed by atoms with Crippen molar-refractivity contribution in [1.82, 2.24) is 9.46 Å². The maximum atomic E-state index is 11.9. The Morgan fingerprint density at radius 1 is 1.35 bits per heavy atom. The SMILES string of the molecule is Cc1cc(CS(=O)(=O)N(CCO)CCO)no1. The molecule has 0 aromatic carbocycles. The number of aryl methyl sites for hydroxylation is 1. The van der Waals surface area contributed by atoms with Crippen LogP contribution in [0.4, 0.5) is 0 Å². The van der Waals surface area contributed by atoms with E-state index in [0.29, 0.717) is 11.5 Å². The largest absolute Gasteiger partial charge is 0.395 e. The van der Waals surface area contributed by atoms with Gasteiger partial charge in [-0.1, -0.05) is 5.16 Å². The van der Waals surface area contributed by atoms with E-state index in [1.54, 1.807) is 6.92 Å². The second-order valence-electron chi connectivity index (χ2n) is 3.53. The summed E-state index contributed by atoms with van der Waals surface area (Å²) >= 11 is 0. The minimum Gasteiger partial charge on any atom is -0.395 e. The number of sulfonamides is 1. The van der Waals surface area contributed by atoms with Crippen molar-refractivity contribution >= 4 is 10.0 Å². The summed E-state index contributed by atoms with van der Waals surface area (Å²) in [6.45, 7) is 0.996. The van der Waals surface area contributed by atoms with Gasteiger partial charge in [0.05, 0.1) is 13.2 Å². The van der Waals surface area contributed by atoms with Gasteiger partial charge in [0, 0.05) is 19.2 Å². The van der Waals surface area contributed by atoms with E-state index >= 15 is 0 Å². The monoisotopic (exact) mass is 264 g/mol. The normalized spacial score (nSPS) is 12.2. The number of rotatable bonds is 7. The second kappa shape index (κ2) is 6.10. The van der Waals surface area contributed by atoms with E-state index in [9.17, 15) is 8.42 Å². The lowest BCUT2D eigenvalue weighted by Crippen LogP contribution is -2.36. The molecular weight excluding hydrogens is 248 g/mol. The topological polar surface area (TPSA) is 104 Å². The van der Waals surface area contributed by atoms with Crippen LogP contribution in [0.2, 0.25) is 0 Å². The van der Waals surface area contributed by atoms with Crippen LogP contribution in [0.25, 0.3) is 0 Å². The molecule has 2 N–H and O–H groups in total. The van der Waals surface area contributed by atoms with Crippen molar-refractivity contribution in [3.8, 4) is 0 Å². The van der Waals surface area contributed by atoms with E-state index in [1.807, 2.05) is 0 Å². The van der Waals surface area contributed by atoms with E-state index in [0.717, 1.165) is 4.31 Å². The van der Waals surface area contributed by atoms with E-state index in [-0.39, 0.29) is 32.1 Å². The molecule has 0 aliphatic heterocycles. The highest BCUT2D eigenvalue weighted by Crippen LogP contribution is 2.10. The van der Waals surface area contributed by atoms with E-state index in [1.165, 1.54) is 6.07 Å². The fourth-order valence-corrected chi connectivity index (χ4v) is 2.79. The van der Waals surface area contributed by atoms with Crippen molar-refractivity contribution in [3.05, 3.63) is 17.5 Å². The predicted octanol–water partition coefficient (Wildman–Crippen LogP) is -0.901. The molecule has 1 aromatic heterocycles. The van der Waals surface area contributed by atoms with Crippen LogP contribution in [0, 0.1) is 6.92 Å². The van der Waals surface area contributed by atoms with Gasteiger partial charge in [-0.2, -0.15) is 4.31 Å². The van der Waals surface area contributed by atoms with Crippen LogP contribution in [0.1, 0.15) is 11.5 Å². The molecule has 0 saturated carbocycles. The highest BCUT2D eigenvalue weighted by atomic mass is 32.2. The molecule has 0 fully saturated rings. The summed E-state index contributed by atoms with van der Waals surface area (Å²) in [5.41, 5.74) is 0.309. The molecule has 1 rings (SSSR count). The van der Waals surface area contributed by atoms with Gasteiger partial charge in [-0.25, -0.2) is 8.42 Å². The minimum absolute atomic E-state index is 0.0419. The summed E-state index contributed by atoms with van der Waals surface area (Å²) < 4.78 is 29.6. The summed E-state index contributed by atoms with van der Waals surface area (Å²) in [6, 6.07) is 1.54. The van der Waals surface area contributed by atoms with Gasteiger partial charge >= 0.3 is 0 Å². The van der Waals surface area contributed by atoms with Gasteiger partial charge in [-0.3, -0.25) is 0 Å².